The maximum absolute atomic E-state index is 13.4. The number of ether oxygens (including phenoxy) is 2. The van der Waals surface area contributed by atoms with Crippen molar-refractivity contribution >= 4 is 15.9 Å². The summed E-state index contributed by atoms with van der Waals surface area (Å²) in [6, 6.07) is 16.0. The van der Waals surface area contributed by atoms with Gasteiger partial charge in [-0.05, 0) is 36.4 Å². The summed E-state index contributed by atoms with van der Waals surface area (Å²) in [5.41, 5.74) is 0.367. The molecule has 31 heavy (non-hydrogen) atoms. The van der Waals surface area contributed by atoms with Gasteiger partial charge in [-0.2, -0.15) is 9.57 Å². The summed E-state index contributed by atoms with van der Waals surface area (Å²) in [4.78, 5) is 15.0. The minimum Gasteiger partial charge on any atom is -0.489 e. The summed E-state index contributed by atoms with van der Waals surface area (Å²) in [5, 5.41) is 8.99. The van der Waals surface area contributed by atoms with Crippen LogP contribution in [0.25, 0.3) is 0 Å². The van der Waals surface area contributed by atoms with Crippen LogP contribution in [0.2, 0.25) is 0 Å². The first kappa shape index (κ1) is 21.3. The predicted octanol–water partition coefficient (Wildman–Crippen LogP) is 1.63. The molecule has 2 aliphatic rings. The van der Waals surface area contributed by atoms with Gasteiger partial charge in [-0.15, -0.1) is 0 Å². The largest absolute Gasteiger partial charge is 0.489 e. The van der Waals surface area contributed by atoms with Crippen molar-refractivity contribution in [2.75, 3.05) is 32.8 Å². The molecule has 2 fully saturated rings. The molecule has 4 rings (SSSR count). The summed E-state index contributed by atoms with van der Waals surface area (Å²) in [6.07, 6.45) is -0.189. The molecule has 2 aromatic carbocycles. The Morgan fingerprint density at radius 3 is 2.39 bits per heavy atom. The summed E-state index contributed by atoms with van der Waals surface area (Å²) in [7, 11) is -3.96. The van der Waals surface area contributed by atoms with Crippen LogP contribution in [0, 0.1) is 11.3 Å². The molecule has 2 saturated heterocycles. The van der Waals surface area contributed by atoms with E-state index in [1.165, 1.54) is 28.6 Å². The number of nitriles is 1. The van der Waals surface area contributed by atoms with Gasteiger partial charge in [0.2, 0.25) is 15.9 Å². The van der Waals surface area contributed by atoms with Crippen molar-refractivity contribution in [1.29, 1.82) is 5.26 Å². The van der Waals surface area contributed by atoms with E-state index in [0.717, 1.165) is 0 Å². The molecule has 0 radical (unpaired) electrons. The molecule has 8 nitrogen and oxygen atoms in total. The molecule has 0 unspecified atom stereocenters. The number of sulfonamides is 1. The Labute approximate surface area is 181 Å². The Kier molecular flexibility index (Phi) is 6.23. The van der Waals surface area contributed by atoms with E-state index in [-0.39, 0.29) is 23.8 Å². The molecule has 9 heteroatoms. The molecule has 2 heterocycles. The predicted molar refractivity (Wildman–Crippen MR) is 112 cm³/mol. The van der Waals surface area contributed by atoms with Crippen molar-refractivity contribution < 1.29 is 22.7 Å². The Morgan fingerprint density at radius 2 is 1.74 bits per heavy atom. The van der Waals surface area contributed by atoms with Crippen molar-refractivity contribution in [3.8, 4) is 11.8 Å². The molecular weight excluding hydrogens is 418 g/mol. The van der Waals surface area contributed by atoms with E-state index in [0.29, 0.717) is 37.6 Å². The maximum atomic E-state index is 13.4. The maximum Gasteiger partial charge on any atom is 0.243 e. The number of hydrogen-bond acceptors (Lipinski definition) is 6. The lowest BCUT2D eigenvalue weighted by Gasteiger charge is -2.31. The third kappa shape index (κ3) is 4.56. The zero-order valence-corrected chi connectivity index (χ0v) is 17.7. The normalized spacial score (nSPS) is 22.1. The molecule has 2 aliphatic heterocycles. The van der Waals surface area contributed by atoms with Crippen molar-refractivity contribution in [3.63, 3.8) is 0 Å². The van der Waals surface area contributed by atoms with Crippen LogP contribution in [0.15, 0.2) is 59.5 Å². The molecule has 0 N–H and O–H groups in total. The molecule has 0 aliphatic carbocycles. The second-order valence-corrected chi connectivity index (χ2v) is 9.34. The van der Waals surface area contributed by atoms with Gasteiger partial charge in [0.1, 0.15) is 17.9 Å². The SMILES string of the molecule is N#Cc1ccc(S(=O)(=O)N2C[C@@H](Oc3ccccc3)C[C@H]2C(=O)N2CCOCC2)cc1. The number of carbonyl (C=O) groups excluding carboxylic acids is 1. The van der Waals surface area contributed by atoms with E-state index in [2.05, 4.69) is 0 Å². The fraction of sp³-hybridized carbons (Fsp3) is 0.364. The summed E-state index contributed by atoms with van der Waals surface area (Å²) < 4.78 is 39.4. The summed E-state index contributed by atoms with van der Waals surface area (Å²) >= 11 is 0. The van der Waals surface area contributed by atoms with Gasteiger partial charge in [0.25, 0.3) is 0 Å². The van der Waals surface area contributed by atoms with E-state index in [1.54, 1.807) is 17.0 Å². The van der Waals surface area contributed by atoms with Crippen LogP contribution >= 0.6 is 0 Å². The van der Waals surface area contributed by atoms with Gasteiger partial charge < -0.3 is 14.4 Å². The van der Waals surface area contributed by atoms with Gasteiger partial charge >= 0.3 is 0 Å². The highest BCUT2D eigenvalue weighted by atomic mass is 32.2. The lowest BCUT2D eigenvalue weighted by atomic mass is 10.1. The number of hydrogen-bond donors (Lipinski definition) is 0. The molecule has 0 spiro atoms. The van der Waals surface area contributed by atoms with Gasteiger partial charge in [0.05, 0.1) is 36.3 Å². The van der Waals surface area contributed by atoms with Crippen LogP contribution in [0.4, 0.5) is 0 Å². The zero-order chi connectivity index (χ0) is 21.8. The van der Waals surface area contributed by atoms with E-state index in [4.69, 9.17) is 14.7 Å². The van der Waals surface area contributed by atoms with Gasteiger partial charge in [-0.3, -0.25) is 4.79 Å². The van der Waals surface area contributed by atoms with Crippen molar-refractivity contribution in [2.24, 2.45) is 0 Å². The van der Waals surface area contributed by atoms with Gasteiger partial charge in [-0.25, -0.2) is 8.42 Å². The average molecular weight is 442 g/mol. The summed E-state index contributed by atoms with van der Waals surface area (Å²) in [5.74, 6) is 0.391. The van der Waals surface area contributed by atoms with Crippen LogP contribution in [-0.4, -0.2) is 68.5 Å². The minimum atomic E-state index is -3.96. The number of para-hydroxylation sites is 1. The zero-order valence-electron chi connectivity index (χ0n) is 16.9. The Balaban J connectivity index is 1.62. The molecule has 162 valence electrons. The van der Waals surface area contributed by atoms with E-state index >= 15 is 0 Å². The number of benzene rings is 2. The lowest BCUT2D eigenvalue weighted by molar-refractivity contribution is -0.138. The Hall–Kier alpha value is -2.93. The van der Waals surface area contributed by atoms with Crippen LogP contribution in [0.5, 0.6) is 5.75 Å². The number of rotatable bonds is 5. The van der Waals surface area contributed by atoms with Gasteiger partial charge in [0.15, 0.2) is 0 Å². The van der Waals surface area contributed by atoms with Crippen molar-refractivity contribution in [2.45, 2.75) is 23.5 Å². The molecule has 2 aromatic rings. The third-order valence-electron chi connectivity index (χ3n) is 5.46. The molecule has 0 bridgehead atoms. The Morgan fingerprint density at radius 1 is 1.06 bits per heavy atom. The van der Waals surface area contributed by atoms with E-state index in [1.807, 2.05) is 24.3 Å². The fourth-order valence-corrected chi connectivity index (χ4v) is 5.49. The molecule has 1 amide bonds. The summed E-state index contributed by atoms with van der Waals surface area (Å²) in [6.45, 7) is 1.81. The first-order chi connectivity index (χ1) is 15.0. The number of carbonyl (C=O) groups is 1. The third-order valence-corrected chi connectivity index (χ3v) is 7.35. The number of morpholine rings is 1. The average Bonchev–Trinajstić information content (AvgIpc) is 3.24. The molecule has 0 saturated carbocycles. The van der Waals surface area contributed by atoms with Crippen molar-refractivity contribution in [3.05, 3.63) is 60.2 Å². The van der Waals surface area contributed by atoms with Crippen LogP contribution in [0.1, 0.15) is 12.0 Å². The standard InChI is InChI=1S/C22H23N3O5S/c23-15-17-6-8-20(9-7-17)31(27,28)25-16-19(30-18-4-2-1-3-5-18)14-21(25)22(26)24-10-12-29-13-11-24/h1-9,19,21H,10-14,16H2/t19-,21-/m0/s1. The quantitative estimate of drug-likeness (QED) is 0.699. The van der Waals surface area contributed by atoms with Crippen LogP contribution < -0.4 is 4.74 Å². The van der Waals surface area contributed by atoms with Gasteiger partial charge in [-0.1, -0.05) is 18.2 Å². The number of amides is 1. The van der Waals surface area contributed by atoms with Crippen molar-refractivity contribution in [1.82, 2.24) is 9.21 Å². The topological polar surface area (TPSA) is 99.9 Å². The molecule has 0 aromatic heterocycles. The van der Waals surface area contributed by atoms with E-state index in [9.17, 15) is 13.2 Å². The second-order valence-electron chi connectivity index (χ2n) is 7.45. The van der Waals surface area contributed by atoms with Gasteiger partial charge in [0, 0.05) is 19.5 Å². The van der Waals surface area contributed by atoms with E-state index < -0.39 is 22.2 Å². The Bertz CT molecular complexity index is 1060. The first-order valence-corrected chi connectivity index (χ1v) is 11.5. The molecule has 2 atom stereocenters. The van der Waals surface area contributed by atoms with Crippen LogP contribution in [-0.2, 0) is 19.6 Å². The minimum absolute atomic E-state index is 0.0478. The monoisotopic (exact) mass is 441 g/mol. The highest BCUT2D eigenvalue weighted by molar-refractivity contribution is 7.89. The molecular formula is C22H23N3O5S. The highest BCUT2D eigenvalue weighted by Gasteiger charge is 2.46. The first-order valence-electron chi connectivity index (χ1n) is 10.1. The number of nitrogens with zero attached hydrogens (tertiary/aromatic N) is 3. The van der Waals surface area contributed by atoms with Crippen LogP contribution in [0.3, 0.4) is 0 Å². The smallest absolute Gasteiger partial charge is 0.243 e. The fourth-order valence-electron chi connectivity index (χ4n) is 3.87. The highest BCUT2D eigenvalue weighted by Crippen LogP contribution is 2.30. The second kappa shape index (κ2) is 9.06. The lowest BCUT2D eigenvalue weighted by Crippen LogP contribution is -2.50.